The molecule has 0 aromatic carbocycles. The van der Waals surface area contributed by atoms with Crippen LogP contribution in [0, 0.1) is 5.41 Å². The number of anilines is 1. The van der Waals surface area contributed by atoms with Crippen LogP contribution in [0.4, 0.5) is 5.95 Å². The molecule has 0 amide bonds. The van der Waals surface area contributed by atoms with Crippen LogP contribution in [0.1, 0.15) is 44.9 Å². The fourth-order valence-corrected chi connectivity index (χ4v) is 3.56. The van der Waals surface area contributed by atoms with Gasteiger partial charge in [0.1, 0.15) is 0 Å². The van der Waals surface area contributed by atoms with Gasteiger partial charge in [0.15, 0.2) is 0 Å². The van der Waals surface area contributed by atoms with Crippen LogP contribution in [0.5, 0.6) is 0 Å². The smallest absolute Gasteiger partial charge is 0.225 e. The van der Waals surface area contributed by atoms with Crippen molar-refractivity contribution in [3.63, 3.8) is 0 Å². The van der Waals surface area contributed by atoms with E-state index in [4.69, 9.17) is 9.72 Å². The van der Waals surface area contributed by atoms with Gasteiger partial charge in [0.2, 0.25) is 5.95 Å². The van der Waals surface area contributed by atoms with Gasteiger partial charge in [-0.3, -0.25) is 0 Å². The molecule has 0 bridgehead atoms. The highest BCUT2D eigenvalue weighted by atomic mass is 16.5. The van der Waals surface area contributed by atoms with Gasteiger partial charge >= 0.3 is 0 Å². The molecule has 1 atom stereocenters. The quantitative estimate of drug-likeness (QED) is 0.856. The monoisotopic (exact) mass is 318 g/mol. The normalized spacial score (nSPS) is 24.9. The van der Waals surface area contributed by atoms with Crippen LogP contribution in [0.15, 0.2) is 6.20 Å². The van der Waals surface area contributed by atoms with Crippen molar-refractivity contribution in [3.05, 3.63) is 17.5 Å². The van der Waals surface area contributed by atoms with Crippen molar-refractivity contribution >= 4 is 5.95 Å². The molecule has 0 radical (unpaired) electrons. The molecule has 0 aliphatic carbocycles. The summed E-state index contributed by atoms with van der Waals surface area (Å²) >= 11 is 0. The molecule has 2 aliphatic heterocycles. The Morgan fingerprint density at radius 2 is 2.13 bits per heavy atom. The van der Waals surface area contributed by atoms with Crippen molar-refractivity contribution in [1.29, 1.82) is 0 Å². The molecule has 3 heterocycles. The number of rotatable bonds is 3. The minimum Gasteiger partial charge on any atom is -0.376 e. The number of hydrogen-bond donors (Lipinski definition) is 0. The third-order valence-electron chi connectivity index (χ3n) is 5.00. The van der Waals surface area contributed by atoms with Crippen molar-refractivity contribution in [2.24, 2.45) is 5.41 Å². The Hall–Kier alpha value is -1.20. The van der Waals surface area contributed by atoms with E-state index >= 15 is 0 Å². The summed E-state index contributed by atoms with van der Waals surface area (Å²) in [6.45, 7) is 11.7. The topological polar surface area (TPSA) is 41.5 Å². The number of fused-ring (bicyclic) bond motifs is 2. The second-order valence-corrected chi connectivity index (χ2v) is 8.55. The number of likely N-dealkylation sites (tertiary alicyclic amines) is 1. The molecule has 1 unspecified atom stereocenters. The summed E-state index contributed by atoms with van der Waals surface area (Å²) in [5.41, 5.74) is 2.83. The van der Waals surface area contributed by atoms with E-state index in [0.29, 0.717) is 12.0 Å². The highest BCUT2D eigenvalue weighted by Gasteiger charge is 2.45. The first kappa shape index (κ1) is 16.7. The van der Waals surface area contributed by atoms with E-state index in [1.54, 1.807) is 0 Å². The summed E-state index contributed by atoms with van der Waals surface area (Å²) in [6, 6.07) is 0. The average Bonchev–Trinajstić information content (AvgIpc) is 2.89. The van der Waals surface area contributed by atoms with Crippen molar-refractivity contribution < 1.29 is 4.74 Å². The zero-order chi connectivity index (χ0) is 16.7. The summed E-state index contributed by atoms with van der Waals surface area (Å²) in [6.07, 6.45) is 4.31. The van der Waals surface area contributed by atoms with E-state index in [-0.39, 0.29) is 5.41 Å². The molecular formula is C18H30N4O. The van der Waals surface area contributed by atoms with Gasteiger partial charge in [0, 0.05) is 32.4 Å². The third kappa shape index (κ3) is 3.50. The summed E-state index contributed by atoms with van der Waals surface area (Å²) in [5.74, 6) is 0.804. The van der Waals surface area contributed by atoms with Gasteiger partial charge in [0.25, 0.3) is 0 Å². The molecule has 128 valence electrons. The summed E-state index contributed by atoms with van der Waals surface area (Å²) in [4.78, 5) is 13.9. The summed E-state index contributed by atoms with van der Waals surface area (Å²) < 4.78 is 5.91. The zero-order valence-corrected chi connectivity index (χ0v) is 15.2. The predicted octanol–water partition coefficient (Wildman–Crippen LogP) is 2.45. The van der Waals surface area contributed by atoms with E-state index < -0.39 is 0 Å². The maximum absolute atomic E-state index is 5.91. The Balaban J connectivity index is 1.81. The van der Waals surface area contributed by atoms with Crippen molar-refractivity contribution in [2.45, 2.75) is 45.6 Å². The van der Waals surface area contributed by atoms with Gasteiger partial charge in [0.05, 0.1) is 24.3 Å². The Morgan fingerprint density at radius 3 is 2.83 bits per heavy atom. The average molecular weight is 318 g/mol. The third-order valence-corrected chi connectivity index (χ3v) is 5.00. The standard InChI is InChI=1S/C18H30N4O/c1-17(2,3)6-8-22-9-7-18(12-22)13-23-11-14-10-19-16(21(4)5)20-15(14)18/h10H,6-9,11-13H2,1-5H3. The lowest BCUT2D eigenvalue weighted by molar-refractivity contribution is 0.0502. The first-order valence-electron chi connectivity index (χ1n) is 8.63. The van der Waals surface area contributed by atoms with E-state index in [2.05, 4.69) is 30.7 Å². The lowest BCUT2D eigenvalue weighted by Gasteiger charge is -2.35. The minimum atomic E-state index is 0.0547. The van der Waals surface area contributed by atoms with E-state index in [1.807, 2.05) is 25.2 Å². The number of hydrogen-bond acceptors (Lipinski definition) is 5. The van der Waals surface area contributed by atoms with Crippen LogP contribution in [0.3, 0.4) is 0 Å². The van der Waals surface area contributed by atoms with Gasteiger partial charge in [-0.25, -0.2) is 9.97 Å². The van der Waals surface area contributed by atoms with Crippen molar-refractivity contribution in [2.75, 3.05) is 45.2 Å². The van der Waals surface area contributed by atoms with E-state index in [9.17, 15) is 0 Å². The Morgan fingerprint density at radius 1 is 1.35 bits per heavy atom. The second kappa shape index (κ2) is 6.02. The lowest BCUT2D eigenvalue weighted by Crippen LogP contribution is -2.41. The van der Waals surface area contributed by atoms with Crippen LogP contribution in [0.2, 0.25) is 0 Å². The first-order valence-corrected chi connectivity index (χ1v) is 8.63. The lowest BCUT2D eigenvalue weighted by atomic mass is 9.80. The van der Waals surface area contributed by atoms with Crippen LogP contribution in [-0.2, 0) is 16.8 Å². The maximum Gasteiger partial charge on any atom is 0.225 e. The predicted molar refractivity (Wildman–Crippen MR) is 92.8 cm³/mol. The highest BCUT2D eigenvalue weighted by molar-refractivity contribution is 5.37. The summed E-state index contributed by atoms with van der Waals surface area (Å²) in [7, 11) is 4.00. The van der Waals surface area contributed by atoms with Gasteiger partial charge in [-0.1, -0.05) is 20.8 Å². The van der Waals surface area contributed by atoms with Gasteiger partial charge in [-0.2, -0.15) is 0 Å². The molecule has 0 saturated carbocycles. The van der Waals surface area contributed by atoms with E-state index in [0.717, 1.165) is 38.6 Å². The highest BCUT2D eigenvalue weighted by Crippen LogP contribution is 2.39. The van der Waals surface area contributed by atoms with Crippen LogP contribution in [-0.4, -0.2) is 55.2 Å². The van der Waals surface area contributed by atoms with Gasteiger partial charge in [-0.15, -0.1) is 0 Å². The molecule has 1 fully saturated rings. The molecule has 3 rings (SSSR count). The Kier molecular flexibility index (Phi) is 4.36. The van der Waals surface area contributed by atoms with Crippen molar-refractivity contribution in [1.82, 2.24) is 14.9 Å². The van der Waals surface area contributed by atoms with Crippen LogP contribution < -0.4 is 4.90 Å². The fourth-order valence-electron chi connectivity index (χ4n) is 3.56. The second-order valence-electron chi connectivity index (χ2n) is 8.55. The number of aromatic nitrogens is 2. The maximum atomic E-state index is 5.91. The molecule has 5 nitrogen and oxygen atoms in total. The fraction of sp³-hybridized carbons (Fsp3) is 0.778. The molecule has 1 aromatic rings. The van der Waals surface area contributed by atoms with Crippen molar-refractivity contribution in [3.8, 4) is 0 Å². The first-order chi connectivity index (χ1) is 10.8. The summed E-state index contributed by atoms with van der Waals surface area (Å²) in [5, 5.41) is 0. The number of nitrogens with zero attached hydrogens (tertiary/aromatic N) is 4. The molecule has 1 spiro atoms. The Labute approximate surface area is 140 Å². The minimum absolute atomic E-state index is 0.0547. The van der Waals surface area contributed by atoms with Gasteiger partial charge < -0.3 is 14.5 Å². The molecular weight excluding hydrogens is 288 g/mol. The van der Waals surface area contributed by atoms with Gasteiger partial charge in [-0.05, 0) is 31.3 Å². The van der Waals surface area contributed by atoms with Crippen LogP contribution in [0.25, 0.3) is 0 Å². The molecule has 1 saturated heterocycles. The molecule has 2 aliphatic rings. The molecule has 5 heteroatoms. The largest absolute Gasteiger partial charge is 0.376 e. The SMILES string of the molecule is CN(C)c1ncc2c(n1)C1(CCN(CCC(C)(C)C)C1)COC2. The molecule has 1 aromatic heterocycles. The Bertz CT molecular complexity index is 567. The number of ether oxygens (including phenoxy) is 1. The molecule has 23 heavy (non-hydrogen) atoms. The molecule has 0 N–H and O–H groups in total. The van der Waals surface area contributed by atoms with E-state index in [1.165, 1.54) is 17.7 Å². The zero-order valence-electron chi connectivity index (χ0n) is 15.2. The van der Waals surface area contributed by atoms with Crippen LogP contribution >= 0.6 is 0 Å².